The maximum absolute atomic E-state index is 12.8. The first-order chi connectivity index (χ1) is 7.45. The second kappa shape index (κ2) is 5.16. The van der Waals surface area contributed by atoms with Gasteiger partial charge >= 0.3 is 6.18 Å². The van der Waals surface area contributed by atoms with Crippen LogP contribution in [0.4, 0.5) is 17.6 Å². The first kappa shape index (κ1) is 12.8. The number of benzene rings is 1. The average Bonchev–Trinajstić information content (AvgIpc) is 2.19. The van der Waals surface area contributed by atoms with Crippen molar-refractivity contribution in [1.82, 2.24) is 0 Å². The lowest BCUT2D eigenvalue weighted by atomic mass is 10.2. The standard InChI is InChI=1S/C10H10F4O2/c11-9-3-2-7(16-5-1-4-15)6-8(9)10(12,13)14/h2-3,6,15H,1,4-5H2. The van der Waals surface area contributed by atoms with Crippen molar-refractivity contribution in [3.63, 3.8) is 0 Å². The van der Waals surface area contributed by atoms with Crippen molar-refractivity contribution in [1.29, 1.82) is 0 Å². The molecule has 0 spiro atoms. The quantitative estimate of drug-likeness (QED) is 0.645. The van der Waals surface area contributed by atoms with E-state index in [9.17, 15) is 17.6 Å². The Kier molecular flexibility index (Phi) is 4.12. The van der Waals surface area contributed by atoms with Crippen LogP contribution in [-0.2, 0) is 6.18 Å². The minimum absolute atomic E-state index is 0.0674. The van der Waals surface area contributed by atoms with E-state index in [1.54, 1.807) is 0 Å². The molecule has 0 unspecified atom stereocenters. The molecule has 90 valence electrons. The lowest BCUT2D eigenvalue weighted by molar-refractivity contribution is -0.140. The van der Waals surface area contributed by atoms with Gasteiger partial charge in [-0.25, -0.2) is 4.39 Å². The van der Waals surface area contributed by atoms with E-state index in [2.05, 4.69) is 0 Å². The van der Waals surface area contributed by atoms with Crippen LogP contribution in [0.15, 0.2) is 18.2 Å². The third-order valence-corrected chi connectivity index (χ3v) is 1.81. The molecule has 0 atom stereocenters. The third-order valence-electron chi connectivity index (χ3n) is 1.81. The first-order valence-electron chi connectivity index (χ1n) is 4.55. The van der Waals surface area contributed by atoms with Crippen LogP contribution >= 0.6 is 0 Å². The highest BCUT2D eigenvalue weighted by molar-refractivity contribution is 5.31. The Morgan fingerprint density at radius 3 is 2.50 bits per heavy atom. The zero-order chi connectivity index (χ0) is 12.2. The van der Waals surface area contributed by atoms with Gasteiger partial charge in [0.1, 0.15) is 11.6 Å². The maximum atomic E-state index is 12.8. The van der Waals surface area contributed by atoms with Crippen LogP contribution in [0, 0.1) is 5.82 Å². The molecule has 6 heteroatoms. The Balaban J connectivity index is 2.82. The molecule has 0 radical (unpaired) electrons. The topological polar surface area (TPSA) is 29.5 Å². The second-order valence-corrected chi connectivity index (χ2v) is 3.07. The van der Waals surface area contributed by atoms with E-state index >= 15 is 0 Å². The number of alkyl halides is 3. The summed E-state index contributed by atoms with van der Waals surface area (Å²) in [6, 6.07) is 2.42. The van der Waals surface area contributed by atoms with Crippen molar-refractivity contribution in [2.24, 2.45) is 0 Å². The van der Waals surface area contributed by atoms with Gasteiger partial charge < -0.3 is 9.84 Å². The van der Waals surface area contributed by atoms with Gasteiger partial charge in [-0.15, -0.1) is 0 Å². The minimum Gasteiger partial charge on any atom is -0.493 e. The summed E-state index contributed by atoms with van der Waals surface area (Å²) in [5.41, 5.74) is -1.35. The van der Waals surface area contributed by atoms with Crippen LogP contribution in [-0.4, -0.2) is 18.3 Å². The van der Waals surface area contributed by atoms with Crippen molar-refractivity contribution in [2.75, 3.05) is 13.2 Å². The maximum Gasteiger partial charge on any atom is 0.419 e. The van der Waals surface area contributed by atoms with Gasteiger partial charge in [-0.3, -0.25) is 0 Å². The Morgan fingerprint density at radius 1 is 1.25 bits per heavy atom. The highest BCUT2D eigenvalue weighted by atomic mass is 19.4. The molecule has 1 aromatic rings. The minimum atomic E-state index is -4.74. The Bertz CT molecular complexity index is 349. The molecule has 0 bridgehead atoms. The molecule has 0 amide bonds. The van der Waals surface area contributed by atoms with Gasteiger partial charge in [0.05, 0.1) is 12.2 Å². The van der Waals surface area contributed by atoms with Crippen molar-refractivity contribution in [3.8, 4) is 5.75 Å². The normalized spacial score (nSPS) is 11.6. The molecule has 16 heavy (non-hydrogen) atoms. The zero-order valence-corrected chi connectivity index (χ0v) is 8.22. The molecule has 0 saturated carbocycles. The van der Waals surface area contributed by atoms with Gasteiger partial charge in [0.15, 0.2) is 0 Å². The number of hydrogen-bond acceptors (Lipinski definition) is 2. The summed E-state index contributed by atoms with van der Waals surface area (Å²) in [6.07, 6.45) is -4.43. The highest BCUT2D eigenvalue weighted by Crippen LogP contribution is 2.33. The number of ether oxygens (including phenoxy) is 1. The average molecular weight is 238 g/mol. The zero-order valence-electron chi connectivity index (χ0n) is 8.22. The van der Waals surface area contributed by atoms with Crippen LogP contribution in [0.2, 0.25) is 0 Å². The predicted molar refractivity (Wildman–Crippen MR) is 48.6 cm³/mol. The largest absolute Gasteiger partial charge is 0.493 e. The van der Waals surface area contributed by atoms with Gasteiger partial charge in [0.25, 0.3) is 0 Å². The first-order valence-corrected chi connectivity index (χ1v) is 4.55. The molecule has 0 aromatic heterocycles. The fourth-order valence-corrected chi connectivity index (χ4v) is 1.07. The van der Waals surface area contributed by atoms with Crippen LogP contribution in [0.5, 0.6) is 5.75 Å². The number of hydrogen-bond donors (Lipinski definition) is 1. The molecule has 1 N–H and O–H groups in total. The van der Waals surface area contributed by atoms with Gasteiger partial charge in [-0.2, -0.15) is 13.2 Å². The molecule has 0 aliphatic rings. The number of aliphatic hydroxyl groups excluding tert-OH is 1. The van der Waals surface area contributed by atoms with Crippen molar-refractivity contribution < 1.29 is 27.4 Å². The smallest absolute Gasteiger partial charge is 0.419 e. The molecule has 1 rings (SSSR count). The summed E-state index contributed by atoms with van der Waals surface area (Å²) in [5.74, 6) is -1.40. The Labute approximate surface area is 89.5 Å². The molecule has 2 nitrogen and oxygen atoms in total. The van der Waals surface area contributed by atoms with E-state index in [4.69, 9.17) is 9.84 Å². The molecule has 0 heterocycles. The molecular formula is C10H10F4O2. The summed E-state index contributed by atoms with van der Waals surface area (Å²) in [7, 11) is 0. The second-order valence-electron chi connectivity index (χ2n) is 3.07. The fraction of sp³-hybridized carbons (Fsp3) is 0.400. The Hall–Kier alpha value is -1.30. The monoisotopic (exact) mass is 238 g/mol. The van der Waals surface area contributed by atoms with E-state index in [1.165, 1.54) is 0 Å². The van der Waals surface area contributed by atoms with Crippen LogP contribution in [0.25, 0.3) is 0 Å². The van der Waals surface area contributed by atoms with Gasteiger partial charge in [-0.1, -0.05) is 0 Å². The van der Waals surface area contributed by atoms with Gasteiger partial charge in [0.2, 0.25) is 0 Å². The van der Waals surface area contributed by atoms with Crippen LogP contribution < -0.4 is 4.74 Å². The molecule has 0 aliphatic carbocycles. The number of rotatable bonds is 4. The van der Waals surface area contributed by atoms with Crippen LogP contribution in [0.1, 0.15) is 12.0 Å². The molecule has 1 aromatic carbocycles. The highest BCUT2D eigenvalue weighted by Gasteiger charge is 2.34. The molecule has 0 fully saturated rings. The van der Waals surface area contributed by atoms with Crippen molar-refractivity contribution in [2.45, 2.75) is 12.6 Å². The molecular weight excluding hydrogens is 228 g/mol. The van der Waals surface area contributed by atoms with Gasteiger partial charge in [0, 0.05) is 13.0 Å². The molecule has 0 saturated heterocycles. The summed E-state index contributed by atoms with van der Waals surface area (Å²) < 4.78 is 54.6. The van der Waals surface area contributed by atoms with E-state index in [0.717, 1.165) is 6.07 Å². The number of aliphatic hydroxyl groups is 1. The van der Waals surface area contributed by atoms with E-state index < -0.39 is 17.6 Å². The van der Waals surface area contributed by atoms with Crippen LogP contribution in [0.3, 0.4) is 0 Å². The summed E-state index contributed by atoms with van der Waals surface area (Å²) in [6.45, 7) is -0.0350. The Morgan fingerprint density at radius 2 is 1.94 bits per heavy atom. The summed E-state index contributed by atoms with van der Waals surface area (Å²) >= 11 is 0. The van der Waals surface area contributed by atoms with Gasteiger partial charge in [-0.05, 0) is 18.2 Å². The fourth-order valence-electron chi connectivity index (χ4n) is 1.07. The molecule has 0 aliphatic heterocycles. The predicted octanol–water partition coefficient (Wildman–Crippen LogP) is 2.61. The lowest BCUT2D eigenvalue weighted by Gasteiger charge is -2.10. The third kappa shape index (κ3) is 3.37. The van der Waals surface area contributed by atoms with Crippen molar-refractivity contribution in [3.05, 3.63) is 29.6 Å². The van der Waals surface area contributed by atoms with Crippen molar-refractivity contribution >= 4 is 0 Å². The lowest BCUT2D eigenvalue weighted by Crippen LogP contribution is -2.09. The summed E-state index contributed by atoms with van der Waals surface area (Å²) in [4.78, 5) is 0. The van der Waals surface area contributed by atoms with E-state index in [1.807, 2.05) is 0 Å². The van der Waals surface area contributed by atoms with E-state index in [0.29, 0.717) is 18.6 Å². The number of halogens is 4. The van der Waals surface area contributed by atoms with E-state index in [-0.39, 0.29) is 19.0 Å². The SMILES string of the molecule is OCCCOc1ccc(F)c(C(F)(F)F)c1. The summed E-state index contributed by atoms with van der Waals surface area (Å²) in [5, 5.41) is 8.45.